The van der Waals surface area contributed by atoms with Crippen molar-refractivity contribution in [1.29, 1.82) is 0 Å². The second kappa shape index (κ2) is 12.0. The van der Waals surface area contributed by atoms with Gasteiger partial charge in [0.1, 0.15) is 5.75 Å². The van der Waals surface area contributed by atoms with Gasteiger partial charge in [0.25, 0.3) is 0 Å². The van der Waals surface area contributed by atoms with Crippen molar-refractivity contribution in [3.63, 3.8) is 0 Å². The number of ether oxygens (including phenoxy) is 4. The quantitative estimate of drug-likeness (QED) is 0.393. The van der Waals surface area contributed by atoms with Crippen LogP contribution in [-0.2, 0) is 14.3 Å². The number of carbonyl (C=O) groups is 2. The summed E-state index contributed by atoms with van der Waals surface area (Å²) < 4.78 is 22.8. The van der Waals surface area contributed by atoms with Gasteiger partial charge in [0.15, 0.2) is 17.3 Å². The molecule has 0 amide bonds. The van der Waals surface area contributed by atoms with Crippen LogP contribution in [0.2, 0.25) is 0 Å². The van der Waals surface area contributed by atoms with Crippen LogP contribution in [0.25, 0.3) is 0 Å². The molecule has 2 aromatic rings. The Morgan fingerprint density at radius 3 is 2.36 bits per heavy atom. The van der Waals surface area contributed by atoms with Gasteiger partial charge in [-0.15, -0.1) is 0 Å². The molecule has 39 heavy (non-hydrogen) atoms. The third-order valence-electron chi connectivity index (χ3n) is 7.07. The fourth-order valence-electron chi connectivity index (χ4n) is 5.36. The Morgan fingerprint density at radius 1 is 0.974 bits per heavy atom. The number of hydrogen-bond acceptors (Lipinski definition) is 7. The Balaban J connectivity index is 1.80. The normalized spacial score (nSPS) is 19.2. The summed E-state index contributed by atoms with van der Waals surface area (Å²) >= 11 is 0. The van der Waals surface area contributed by atoms with Crippen molar-refractivity contribution >= 4 is 11.8 Å². The summed E-state index contributed by atoms with van der Waals surface area (Å²) in [6, 6.07) is 13.4. The first-order valence-corrected chi connectivity index (χ1v) is 13.5. The lowest BCUT2D eigenvalue weighted by Crippen LogP contribution is -2.36. The van der Waals surface area contributed by atoms with Crippen LogP contribution in [0.3, 0.4) is 0 Å². The van der Waals surface area contributed by atoms with Crippen molar-refractivity contribution in [2.45, 2.75) is 65.4 Å². The van der Waals surface area contributed by atoms with E-state index in [1.54, 1.807) is 14.2 Å². The topological polar surface area (TPSA) is 83.1 Å². The van der Waals surface area contributed by atoms with E-state index >= 15 is 0 Å². The molecule has 0 unspecified atom stereocenters. The number of rotatable bonds is 9. The van der Waals surface area contributed by atoms with E-state index in [1.165, 1.54) is 0 Å². The highest BCUT2D eigenvalue weighted by atomic mass is 16.5. The van der Waals surface area contributed by atoms with E-state index in [-0.39, 0.29) is 23.7 Å². The van der Waals surface area contributed by atoms with E-state index in [0.717, 1.165) is 16.8 Å². The molecule has 0 spiro atoms. The summed E-state index contributed by atoms with van der Waals surface area (Å²) in [4.78, 5) is 27.5. The van der Waals surface area contributed by atoms with E-state index in [1.807, 2.05) is 77.1 Å². The smallest absolute Gasteiger partial charge is 0.336 e. The van der Waals surface area contributed by atoms with Gasteiger partial charge in [0.2, 0.25) is 0 Å². The number of para-hydroxylation sites is 1. The summed E-state index contributed by atoms with van der Waals surface area (Å²) in [7, 11) is 3.21. The Bertz CT molecular complexity index is 1310. The standard InChI is InChI=1S/C32H39NO6/c1-18(2)17-38-32(35)29-20(5)33-24-14-22(21-12-13-27(36-6)28(16-21)37-7)15-25(34)31(24)30(29)23-10-8-9-11-26(23)39-19(3)4/h8-13,16,18-19,22,30,33H,14-15,17H2,1-7H3/t22-,30+/m1/s1. The second-order valence-electron chi connectivity index (χ2n) is 10.8. The first-order valence-electron chi connectivity index (χ1n) is 13.5. The average molecular weight is 534 g/mol. The molecule has 1 aliphatic carbocycles. The van der Waals surface area contributed by atoms with Crippen LogP contribution in [0.15, 0.2) is 65.0 Å². The van der Waals surface area contributed by atoms with Crippen molar-refractivity contribution < 1.29 is 28.5 Å². The Hall–Kier alpha value is -3.74. The van der Waals surface area contributed by atoms with Crippen molar-refractivity contribution in [3.05, 3.63) is 76.1 Å². The molecular weight excluding hydrogens is 494 g/mol. The molecule has 0 aromatic heterocycles. The van der Waals surface area contributed by atoms with Crippen LogP contribution in [0, 0.1) is 5.92 Å². The lowest BCUT2D eigenvalue weighted by Gasteiger charge is -2.37. The highest BCUT2D eigenvalue weighted by Gasteiger charge is 2.42. The molecule has 0 radical (unpaired) electrons. The maximum Gasteiger partial charge on any atom is 0.336 e. The van der Waals surface area contributed by atoms with Crippen molar-refractivity contribution in [2.24, 2.45) is 5.92 Å². The minimum Gasteiger partial charge on any atom is -0.493 e. The monoisotopic (exact) mass is 533 g/mol. The number of dihydropyridines is 1. The van der Waals surface area contributed by atoms with E-state index in [0.29, 0.717) is 53.5 Å². The zero-order valence-electron chi connectivity index (χ0n) is 23.9. The first-order chi connectivity index (χ1) is 18.6. The van der Waals surface area contributed by atoms with Gasteiger partial charge in [-0.1, -0.05) is 38.1 Å². The van der Waals surface area contributed by atoms with E-state index in [9.17, 15) is 9.59 Å². The minimum atomic E-state index is -0.588. The van der Waals surface area contributed by atoms with Gasteiger partial charge in [-0.3, -0.25) is 4.79 Å². The molecule has 1 N–H and O–H groups in total. The molecule has 0 saturated heterocycles. The highest BCUT2D eigenvalue weighted by molar-refractivity contribution is 6.04. The molecule has 7 nitrogen and oxygen atoms in total. The number of benzene rings is 2. The molecule has 2 aliphatic rings. The number of ketones is 1. The maximum absolute atomic E-state index is 14.0. The van der Waals surface area contributed by atoms with E-state index in [2.05, 4.69) is 5.32 Å². The summed E-state index contributed by atoms with van der Waals surface area (Å²) in [5.41, 5.74) is 4.36. The van der Waals surface area contributed by atoms with Crippen LogP contribution in [-0.4, -0.2) is 38.7 Å². The second-order valence-corrected chi connectivity index (χ2v) is 10.8. The summed E-state index contributed by atoms with van der Waals surface area (Å²) in [6.45, 7) is 10.1. The van der Waals surface area contributed by atoms with Gasteiger partial charge in [0.05, 0.1) is 38.4 Å². The molecule has 208 valence electrons. The lowest BCUT2D eigenvalue weighted by atomic mass is 9.71. The summed E-state index contributed by atoms with van der Waals surface area (Å²) in [5.74, 6) is 1.06. The zero-order valence-corrected chi connectivity index (χ0v) is 23.9. The SMILES string of the molecule is COc1ccc([C@H]2CC(=O)C3=C(C2)NC(C)=C(C(=O)OCC(C)C)[C@@H]3c2ccccc2OC(C)C)cc1OC. The third kappa shape index (κ3) is 5.97. The highest BCUT2D eigenvalue weighted by Crippen LogP contribution is 2.48. The molecule has 4 rings (SSSR count). The molecular formula is C32H39NO6. The molecule has 2 aromatic carbocycles. The number of hydrogen-bond donors (Lipinski definition) is 1. The van der Waals surface area contributed by atoms with Crippen molar-refractivity contribution in [2.75, 3.05) is 20.8 Å². The maximum atomic E-state index is 14.0. The van der Waals surface area contributed by atoms with Gasteiger partial charge in [-0.25, -0.2) is 4.79 Å². The first kappa shape index (κ1) is 28.3. The third-order valence-corrected chi connectivity index (χ3v) is 7.07. The zero-order chi connectivity index (χ0) is 28.3. The number of Topliss-reactive ketones (excluding diaryl/α,β-unsaturated/α-hetero) is 1. The Labute approximate surface area is 231 Å². The molecule has 0 bridgehead atoms. The minimum absolute atomic E-state index is 0.00505. The number of esters is 1. The number of methoxy groups -OCH3 is 2. The average Bonchev–Trinajstić information content (AvgIpc) is 2.90. The molecule has 2 atom stereocenters. The van der Waals surface area contributed by atoms with Gasteiger partial charge in [-0.05, 0) is 62.8 Å². The van der Waals surface area contributed by atoms with Crippen LogP contribution in [0.4, 0.5) is 0 Å². The Morgan fingerprint density at radius 2 is 1.69 bits per heavy atom. The molecule has 1 aliphatic heterocycles. The van der Waals surface area contributed by atoms with Gasteiger partial charge < -0.3 is 24.3 Å². The summed E-state index contributed by atoms with van der Waals surface area (Å²) in [6.07, 6.45) is 0.859. The molecule has 7 heteroatoms. The fourth-order valence-corrected chi connectivity index (χ4v) is 5.36. The van der Waals surface area contributed by atoms with Crippen LogP contribution >= 0.6 is 0 Å². The molecule has 0 saturated carbocycles. The van der Waals surface area contributed by atoms with Crippen LogP contribution in [0.5, 0.6) is 17.2 Å². The van der Waals surface area contributed by atoms with Gasteiger partial charge in [0, 0.05) is 29.0 Å². The van der Waals surface area contributed by atoms with Crippen LogP contribution < -0.4 is 19.5 Å². The molecule has 1 heterocycles. The van der Waals surface area contributed by atoms with Gasteiger partial charge >= 0.3 is 5.97 Å². The van der Waals surface area contributed by atoms with E-state index < -0.39 is 11.9 Å². The van der Waals surface area contributed by atoms with E-state index in [4.69, 9.17) is 18.9 Å². The fraction of sp³-hybridized carbons (Fsp3) is 0.438. The number of carbonyl (C=O) groups excluding carboxylic acids is 2. The van der Waals surface area contributed by atoms with Gasteiger partial charge in [-0.2, -0.15) is 0 Å². The Kier molecular flexibility index (Phi) is 8.68. The lowest BCUT2D eigenvalue weighted by molar-refractivity contribution is -0.140. The van der Waals surface area contributed by atoms with Crippen molar-refractivity contribution in [3.8, 4) is 17.2 Å². The van der Waals surface area contributed by atoms with Crippen molar-refractivity contribution in [1.82, 2.24) is 5.32 Å². The summed E-state index contributed by atoms with van der Waals surface area (Å²) in [5, 5.41) is 3.42. The largest absolute Gasteiger partial charge is 0.493 e. The number of allylic oxidation sites excluding steroid dienone is 3. The number of nitrogens with one attached hydrogen (secondary N) is 1. The molecule has 0 fully saturated rings. The van der Waals surface area contributed by atoms with Crippen LogP contribution in [0.1, 0.15) is 70.4 Å². The predicted octanol–water partition coefficient (Wildman–Crippen LogP) is 6.05. The predicted molar refractivity (Wildman–Crippen MR) is 150 cm³/mol.